The Morgan fingerprint density at radius 2 is 2.14 bits per heavy atom. The lowest BCUT2D eigenvalue weighted by atomic mass is 10.0. The van der Waals surface area contributed by atoms with Crippen LogP contribution in [0.2, 0.25) is 5.02 Å². The highest BCUT2D eigenvalue weighted by molar-refractivity contribution is 6.31. The van der Waals surface area contributed by atoms with Crippen LogP contribution in [-0.2, 0) is 6.54 Å². The summed E-state index contributed by atoms with van der Waals surface area (Å²) in [5.74, 6) is 0. The van der Waals surface area contributed by atoms with E-state index in [4.69, 9.17) is 11.6 Å². The number of H-pyrrole nitrogens is 1. The van der Waals surface area contributed by atoms with E-state index in [9.17, 15) is 0 Å². The topological polar surface area (TPSA) is 31.1 Å². The molecular formula is C17H24ClN3. The van der Waals surface area contributed by atoms with Crippen LogP contribution in [0, 0.1) is 0 Å². The molecule has 0 amide bonds. The largest absolute Gasteiger partial charge is 0.361 e. The van der Waals surface area contributed by atoms with E-state index in [2.05, 4.69) is 41.3 Å². The Bertz CT molecular complexity index is 607. The minimum atomic E-state index is 0.618. The molecule has 0 saturated carbocycles. The molecule has 0 radical (unpaired) electrons. The Morgan fingerprint density at radius 3 is 2.90 bits per heavy atom. The maximum Gasteiger partial charge on any atom is 0.0472 e. The first-order valence-corrected chi connectivity index (χ1v) is 8.32. The number of aromatic nitrogens is 1. The molecule has 3 nitrogen and oxygen atoms in total. The van der Waals surface area contributed by atoms with Crippen LogP contribution in [0.15, 0.2) is 24.4 Å². The predicted octanol–water partition coefficient (Wildman–Crippen LogP) is 3.78. The fraction of sp³-hybridized carbons (Fsp3) is 0.529. The molecule has 1 aromatic carbocycles. The lowest BCUT2D eigenvalue weighted by molar-refractivity contribution is 0.118. The van der Waals surface area contributed by atoms with E-state index >= 15 is 0 Å². The van der Waals surface area contributed by atoms with Crippen molar-refractivity contribution in [3.05, 3.63) is 35.0 Å². The molecule has 1 saturated heterocycles. The van der Waals surface area contributed by atoms with Gasteiger partial charge in [-0.2, -0.15) is 0 Å². The number of nitrogens with one attached hydrogen (secondary N) is 2. The van der Waals surface area contributed by atoms with Crippen molar-refractivity contribution in [3.63, 3.8) is 0 Å². The third-order valence-corrected chi connectivity index (χ3v) is 4.92. The first-order valence-electron chi connectivity index (χ1n) is 7.94. The van der Waals surface area contributed by atoms with Crippen LogP contribution in [0.4, 0.5) is 0 Å². The summed E-state index contributed by atoms with van der Waals surface area (Å²) in [5.41, 5.74) is 2.50. The summed E-state index contributed by atoms with van der Waals surface area (Å²) in [5, 5.41) is 5.74. The molecule has 1 aliphatic heterocycles. The molecule has 0 spiro atoms. The van der Waals surface area contributed by atoms with Gasteiger partial charge < -0.3 is 10.3 Å². The fourth-order valence-electron chi connectivity index (χ4n) is 3.31. The van der Waals surface area contributed by atoms with Crippen LogP contribution in [-0.4, -0.2) is 35.1 Å². The van der Waals surface area contributed by atoms with Gasteiger partial charge in [0.25, 0.3) is 0 Å². The molecule has 4 heteroatoms. The quantitative estimate of drug-likeness (QED) is 0.900. The normalized spacial score (nSPS) is 23.8. The van der Waals surface area contributed by atoms with Crippen LogP contribution in [0.25, 0.3) is 10.9 Å². The van der Waals surface area contributed by atoms with Crippen LogP contribution >= 0.6 is 11.6 Å². The molecule has 2 aromatic rings. The van der Waals surface area contributed by atoms with Gasteiger partial charge in [-0.25, -0.2) is 0 Å². The van der Waals surface area contributed by atoms with Crippen molar-refractivity contribution in [2.45, 2.75) is 45.3 Å². The number of piperazine rings is 1. The van der Waals surface area contributed by atoms with Crippen molar-refractivity contribution in [3.8, 4) is 0 Å². The molecule has 2 N–H and O–H groups in total. The van der Waals surface area contributed by atoms with Gasteiger partial charge in [-0.15, -0.1) is 0 Å². The third-order valence-electron chi connectivity index (χ3n) is 4.68. The number of nitrogens with zero attached hydrogens (tertiary/aromatic N) is 1. The van der Waals surface area contributed by atoms with Crippen molar-refractivity contribution >= 4 is 22.5 Å². The number of aromatic amines is 1. The molecule has 2 unspecified atom stereocenters. The summed E-state index contributed by atoms with van der Waals surface area (Å²) < 4.78 is 0. The summed E-state index contributed by atoms with van der Waals surface area (Å²) in [6.07, 6.45) is 4.52. The summed E-state index contributed by atoms with van der Waals surface area (Å²) >= 11 is 6.06. The van der Waals surface area contributed by atoms with Crippen molar-refractivity contribution < 1.29 is 0 Å². The highest BCUT2D eigenvalue weighted by atomic mass is 35.5. The minimum Gasteiger partial charge on any atom is -0.361 e. The Balaban J connectivity index is 1.82. The number of hydrogen-bond donors (Lipinski definition) is 2. The number of halogens is 1. The van der Waals surface area contributed by atoms with E-state index in [0.717, 1.165) is 30.2 Å². The van der Waals surface area contributed by atoms with Crippen LogP contribution < -0.4 is 5.32 Å². The van der Waals surface area contributed by atoms with Gasteiger partial charge in [-0.3, -0.25) is 4.90 Å². The van der Waals surface area contributed by atoms with Gasteiger partial charge in [-0.05, 0) is 30.5 Å². The van der Waals surface area contributed by atoms with Gasteiger partial charge in [0.05, 0.1) is 0 Å². The van der Waals surface area contributed by atoms with Crippen LogP contribution in [0.1, 0.15) is 32.3 Å². The molecule has 2 heterocycles. The molecule has 114 valence electrons. The van der Waals surface area contributed by atoms with Gasteiger partial charge >= 0.3 is 0 Å². The average molecular weight is 306 g/mol. The van der Waals surface area contributed by atoms with Gasteiger partial charge in [0, 0.05) is 53.8 Å². The van der Waals surface area contributed by atoms with Gasteiger partial charge in [0.1, 0.15) is 0 Å². The van der Waals surface area contributed by atoms with E-state index in [1.165, 1.54) is 23.8 Å². The predicted molar refractivity (Wildman–Crippen MR) is 89.9 cm³/mol. The van der Waals surface area contributed by atoms with Gasteiger partial charge in [0.2, 0.25) is 0 Å². The zero-order valence-corrected chi connectivity index (χ0v) is 13.6. The van der Waals surface area contributed by atoms with E-state index in [-0.39, 0.29) is 0 Å². The molecule has 2 atom stereocenters. The molecule has 3 rings (SSSR count). The van der Waals surface area contributed by atoms with E-state index < -0.39 is 0 Å². The average Bonchev–Trinajstić information content (AvgIpc) is 2.89. The standard InChI is InChI=1S/C17H24ClN3/c1-3-14-11-21(15(4-2)9-19-14)10-12-8-20-17-7-13(18)5-6-16(12)17/h5-8,14-15,19-20H,3-4,9-11H2,1-2H3. The molecule has 0 aliphatic carbocycles. The molecule has 21 heavy (non-hydrogen) atoms. The second kappa shape index (κ2) is 6.39. The Hall–Kier alpha value is -1.03. The SMILES string of the molecule is CCC1CN(Cc2c[nH]c3cc(Cl)ccc23)C(CC)CN1. The summed E-state index contributed by atoms with van der Waals surface area (Å²) in [7, 11) is 0. The summed E-state index contributed by atoms with van der Waals surface area (Å²) in [6.45, 7) is 7.78. The van der Waals surface area contributed by atoms with Crippen molar-refractivity contribution in [1.82, 2.24) is 15.2 Å². The number of fused-ring (bicyclic) bond motifs is 1. The Morgan fingerprint density at radius 1 is 1.29 bits per heavy atom. The smallest absolute Gasteiger partial charge is 0.0472 e. The first kappa shape index (κ1) is 14.9. The first-order chi connectivity index (χ1) is 10.2. The third kappa shape index (κ3) is 3.10. The van der Waals surface area contributed by atoms with E-state index in [0.29, 0.717) is 12.1 Å². The lowest BCUT2D eigenvalue weighted by Gasteiger charge is -2.40. The lowest BCUT2D eigenvalue weighted by Crippen LogP contribution is -2.55. The fourth-order valence-corrected chi connectivity index (χ4v) is 3.48. The van der Waals surface area contributed by atoms with Crippen molar-refractivity contribution in [1.29, 1.82) is 0 Å². The van der Waals surface area contributed by atoms with E-state index in [1.807, 2.05) is 12.1 Å². The molecule has 1 aliphatic rings. The Labute approximate surface area is 131 Å². The Kier molecular flexibility index (Phi) is 4.53. The van der Waals surface area contributed by atoms with Crippen molar-refractivity contribution in [2.75, 3.05) is 13.1 Å². The molecule has 0 bridgehead atoms. The zero-order valence-electron chi connectivity index (χ0n) is 12.8. The van der Waals surface area contributed by atoms with Gasteiger partial charge in [-0.1, -0.05) is 31.5 Å². The minimum absolute atomic E-state index is 0.618. The number of hydrogen-bond acceptors (Lipinski definition) is 2. The van der Waals surface area contributed by atoms with Gasteiger partial charge in [0.15, 0.2) is 0 Å². The van der Waals surface area contributed by atoms with Crippen LogP contribution in [0.3, 0.4) is 0 Å². The second-order valence-electron chi connectivity index (χ2n) is 6.01. The summed E-state index contributed by atoms with van der Waals surface area (Å²) in [6, 6.07) is 7.36. The van der Waals surface area contributed by atoms with E-state index in [1.54, 1.807) is 0 Å². The zero-order chi connectivity index (χ0) is 14.8. The van der Waals surface area contributed by atoms with Crippen LogP contribution in [0.5, 0.6) is 0 Å². The highest BCUT2D eigenvalue weighted by Crippen LogP contribution is 2.25. The molecule has 1 fully saturated rings. The molecule has 1 aromatic heterocycles. The van der Waals surface area contributed by atoms with Crippen molar-refractivity contribution in [2.24, 2.45) is 0 Å². The summed E-state index contributed by atoms with van der Waals surface area (Å²) in [4.78, 5) is 5.98. The maximum atomic E-state index is 6.06. The number of rotatable bonds is 4. The maximum absolute atomic E-state index is 6.06. The second-order valence-corrected chi connectivity index (χ2v) is 6.45. The monoisotopic (exact) mass is 305 g/mol. The number of benzene rings is 1. The highest BCUT2D eigenvalue weighted by Gasteiger charge is 2.26. The molecular weight excluding hydrogens is 282 g/mol.